The normalized spacial score (nSPS) is 13.2. The quantitative estimate of drug-likeness (QED) is 0.858. The van der Waals surface area contributed by atoms with E-state index in [9.17, 15) is 18.0 Å². The zero-order chi connectivity index (χ0) is 12.3. The lowest BCUT2D eigenvalue weighted by Gasteiger charge is -2.11. The van der Waals surface area contributed by atoms with Crippen LogP contribution < -0.4 is 10.5 Å². The lowest BCUT2D eigenvalue weighted by Crippen LogP contribution is -2.30. The summed E-state index contributed by atoms with van der Waals surface area (Å²) in [5.41, 5.74) is 4.03. The number of nitrogens with two attached hydrogens (primary N) is 1. The van der Waals surface area contributed by atoms with Gasteiger partial charge in [0.1, 0.15) is 0 Å². The van der Waals surface area contributed by atoms with Gasteiger partial charge in [-0.05, 0) is 13.0 Å². The summed E-state index contributed by atoms with van der Waals surface area (Å²) in [4.78, 5) is 14.0. The van der Waals surface area contributed by atoms with Crippen LogP contribution in [0.5, 0.6) is 5.88 Å². The van der Waals surface area contributed by atoms with E-state index in [0.29, 0.717) is 6.20 Å². The minimum atomic E-state index is -4.44. The second kappa shape index (κ2) is 4.38. The lowest BCUT2D eigenvalue weighted by atomic mass is 10.3. The number of pyridine rings is 1. The summed E-state index contributed by atoms with van der Waals surface area (Å²) in [6.07, 6.45) is -4.76. The van der Waals surface area contributed by atoms with Gasteiger partial charge in [-0.3, -0.25) is 4.79 Å². The Morgan fingerprint density at radius 1 is 1.50 bits per heavy atom. The maximum atomic E-state index is 12.2. The van der Waals surface area contributed by atoms with Gasteiger partial charge in [-0.1, -0.05) is 0 Å². The summed E-state index contributed by atoms with van der Waals surface area (Å²) in [5.74, 6) is -0.805. The van der Waals surface area contributed by atoms with Gasteiger partial charge in [-0.2, -0.15) is 13.2 Å². The zero-order valence-corrected chi connectivity index (χ0v) is 8.28. The molecule has 0 saturated carbocycles. The predicted molar refractivity (Wildman–Crippen MR) is 48.5 cm³/mol. The van der Waals surface area contributed by atoms with Gasteiger partial charge in [-0.15, -0.1) is 0 Å². The van der Waals surface area contributed by atoms with Crippen LogP contribution in [0, 0.1) is 0 Å². The summed E-state index contributed by atoms with van der Waals surface area (Å²) < 4.78 is 41.4. The Bertz CT molecular complexity index is 375. The van der Waals surface area contributed by atoms with Crippen molar-refractivity contribution >= 4 is 5.91 Å². The molecule has 2 N–H and O–H groups in total. The molecule has 1 amide bonds. The Morgan fingerprint density at radius 2 is 2.12 bits per heavy atom. The molecule has 88 valence electrons. The average Bonchev–Trinajstić information content (AvgIpc) is 2.17. The maximum absolute atomic E-state index is 12.2. The number of rotatable bonds is 3. The number of alkyl halides is 3. The average molecular weight is 234 g/mol. The van der Waals surface area contributed by atoms with Gasteiger partial charge in [-0.25, -0.2) is 4.98 Å². The maximum Gasteiger partial charge on any atom is 0.417 e. The molecule has 0 fully saturated rings. The standard InChI is InChI=1S/C9H9F3N2O2/c1-5(8(13)15)16-7-3-2-6(4-14-7)9(10,11)12/h2-5H,1H3,(H2,13,15). The number of aromatic nitrogens is 1. The predicted octanol–water partition coefficient (Wildman–Crippen LogP) is 1.35. The summed E-state index contributed by atoms with van der Waals surface area (Å²) >= 11 is 0. The second-order valence-electron chi connectivity index (χ2n) is 3.05. The van der Waals surface area contributed by atoms with Crippen molar-refractivity contribution in [2.45, 2.75) is 19.2 Å². The molecule has 4 nitrogen and oxygen atoms in total. The molecule has 1 aromatic rings. The highest BCUT2D eigenvalue weighted by Crippen LogP contribution is 2.29. The van der Waals surface area contributed by atoms with Crippen molar-refractivity contribution in [2.24, 2.45) is 5.73 Å². The highest BCUT2D eigenvalue weighted by Gasteiger charge is 2.30. The van der Waals surface area contributed by atoms with Gasteiger partial charge >= 0.3 is 6.18 Å². The molecule has 0 saturated heterocycles. The third-order valence-electron chi connectivity index (χ3n) is 1.76. The molecule has 0 spiro atoms. The van der Waals surface area contributed by atoms with Crippen LogP contribution in [0.2, 0.25) is 0 Å². The van der Waals surface area contributed by atoms with E-state index >= 15 is 0 Å². The highest BCUT2D eigenvalue weighted by molar-refractivity contribution is 5.78. The SMILES string of the molecule is CC(Oc1ccc(C(F)(F)F)cn1)C(N)=O. The molecule has 1 heterocycles. The third kappa shape index (κ3) is 3.11. The molecular formula is C9H9F3N2O2. The summed E-state index contributed by atoms with van der Waals surface area (Å²) in [7, 11) is 0. The van der Waals surface area contributed by atoms with E-state index in [1.807, 2.05) is 0 Å². The summed E-state index contributed by atoms with van der Waals surface area (Å²) in [6.45, 7) is 1.38. The minimum Gasteiger partial charge on any atom is -0.465 e. The van der Waals surface area contributed by atoms with E-state index in [2.05, 4.69) is 4.98 Å². The van der Waals surface area contributed by atoms with Crippen LogP contribution in [-0.4, -0.2) is 17.0 Å². The first-order valence-electron chi connectivity index (χ1n) is 4.30. The Morgan fingerprint density at radius 3 is 2.50 bits per heavy atom. The number of hydrogen-bond donors (Lipinski definition) is 1. The fraction of sp³-hybridized carbons (Fsp3) is 0.333. The van der Waals surface area contributed by atoms with Crippen molar-refractivity contribution in [3.63, 3.8) is 0 Å². The molecule has 7 heteroatoms. The molecule has 1 aromatic heterocycles. The van der Waals surface area contributed by atoms with Gasteiger partial charge in [0.15, 0.2) is 6.10 Å². The lowest BCUT2D eigenvalue weighted by molar-refractivity contribution is -0.138. The number of carbonyl (C=O) groups excluding carboxylic acids is 1. The van der Waals surface area contributed by atoms with E-state index < -0.39 is 23.8 Å². The minimum absolute atomic E-state index is 0.0840. The Balaban J connectivity index is 2.76. The van der Waals surface area contributed by atoms with E-state index in [4.69, 9.17) is 10.5 Å². The number of ether oxygens (including phenoxy) is 1. The van der Waals surface area contributed by atoms with Crippen LogP contribution >= 0.6 is 0 Å². The monoisotopic (exact) mass is 234 g/mol. The molecule has 1 atom stereocenters. The van der Waals surface area contributed by atoms with Gasteiger partial charge in [0, 0.05) is 12.3 Å². The molecule has 0 aromatic carbocycles. The number of halogens is 3. The van der Waals surface area contributed by atoms with E-state index in [0.717, 1.165) is 12.1 Å². The first kappa shape index (κ1) is 12.3. The largest absolute Gasteiger partial charge is 0.465 e. The molecule has 0 aliphatic heterocycles. The van der Waals surface area contributed by atoms with Crippen LogP contribution in [-0.2, 0) is 11.0 Å². The molecular weight excluding hydrogens is 225 g/mol. The highest BCUT2D eigenvalue weighted by atomic mass is 19.4. The van der Waals surface area contributed by atoms with Crippen molar-refractivity contribution in [3.05, 3.63) is 23.9 Å². The van der Waals surface area contributed by atoms with Crippen LogP contribution in [0.4, 0.5) is 13.2 Å². The van der Waals surface area contributed by atoms with E-state index in [-0.39, 0.29) is 5.88 Å². The van der Waals surface area contributed by atoms with E-state index in [1.54, 1.807) is 0 Å². The molecule has 1 unspecified atom stereocenters. The fourth-order valence-electron chi connectivity index (χ4n) is 0.857. The topological polar surface area (TPSA) is 65.2 Å². The second-order valence-corrected chi connectivity index (χ2v) is 3.05. The molecule has 0 radical (unpaired) electrons. The Labute approximate surface area is 89.2 Å². The zero-order valence-electron chi connectivity index (χ0n) is 8.28. The molecule has 16 heavy (non-hydrogen) atoms. The molecule has 0 aliphatic rings. The van der Waals surface area contributed by atoms with Gasteiger partial charge in [0.25, 0.3) is 5.91 Å². The number of carbonyl (C=O) groups is 1. The van der Waals surface area contributed by atoms with Crippen LogP contribution in [0.15, 0.2) is 18.3 Å². The first-order valence-corrected chi connectivity index (χ1v) is 4.30. The van der Waals surface area contributed by atoms with Crippen LogP contribution in [0.25, 0.3) is 0 Å². The molecule has 0 aliphatic carbocycles. The van der Waals surface area contributed by atoms with Crippen molar-refractivity contribution in [1.82, 2.24) is 4.98 Å². The Kier molecular flexibility index (Phi) is 3.36. The summed E-state index contributed by atoms with van der Waals surface area (Å²) in [5, 5.41) is 0. The molecule has 1 rings (SSSR count). The van der Waals surface area contributed by atoms with Crippen molar-refractivity contribution in [2.75, 3.05) is 0 Å². The van der Waals surface area contributed by atoms with Gasteiger partial charge in [0.05, 0.1) is 5.56 Å². The first-order chi connectivity index (χ1) is 7.30. The molecule has 0 bridgehead atoms. The van der Waals surface area contributed by atoms with Crippen molar-refractivity contribution in [1.29, 1.82) is 0 Å². The van der Waals surface area contributed by atoms with Crippen LogP contribution in [0.1, 0.15) is 12.5 Å². The Hall–Kier alpha value is -1.79. The van der Waals surface area contributed by atoms with Crippen LogP contribution in [0.3, 0.4) is 0 Å². The van der Waals surface area contributed by atoms with Gasteiger partial charge < -0.3 is 10.5 Å². The van der Waals surface area contributed by atoms with E-state index in [1.165, 1.54) is 6.92 Å². The third-order valence-corrected chi connectivity index (χ3v) is 1.76. The summed E-state index contributed by atoms with van der Waals surface area (Å²) in [6, 6.07) is 1.85. The fourth-order valence-corrected chi connectivity index (χ4v) is 0.857. The van der Waals surface area contributed by atoms with Gasteiger partial charge in [0.2, 0.25) is 5.88 Å². The number of primary amides is 1. The van der Waals surface area contributed by atoms with Crippen molar-refractivity contribution < 1.29 is 22.7 Å². The number of amides is 1. The number of hydrogen-bond acceptors (Lipinski definition) is 3. The van der Waals surface area contributed by atoms with Crippen molar-refractivity contribution in [3.8, 4) is 5.88 Å². The smallest absolute Gasteiger partial charge is 0.417 e. The number of nitrogens with zero attached hydrogens (tertiary/aromatic N) is 1.